The zero-order valence-corrected chi connectivity index (χ0v) is 9.70. The van der Waals surface area contributed by atoms with Crippen molar-refractivity contribution >= 4 is 29.3 Å². The highest BCUT2D eigenvalue weighted by Gasteiger charge is 2.10. The lowest BCUT2D eigenvalue weighted by atomic mass is 10.2. The van der Waals surface area contributed by atoms with Gasteiger partial charge >= 0.3 is 5.97 Å². The fourth-order valence-corrected chi connectivity index (χ4v) is 1.36. The van der Waals surface area contributed by atoms with Gasteiger partial charge in [0.05, 0.1) is 10.6 Å². The predicted molar refractivity (Wildman–Crippen MR) is 63.1 cm³/mol. The van der Waals surface area contributed by atoms with Gasteiger partial charge in [-0.3, -0.25) is 4.79 Å². The molecule has 17 heavy (non-hydrogen) atoms. The summed E-state index contributed by atoms with van der Waals surface area (Å²) in [4.78, 5) is 25.2. The average Bonchev–Trinajstić information content (AvgIpc) is 2.25. The molecule has 1 amide bonds. The van der Waals surface area contributed by atoms with E-state index in [4.69, 9.17) is 22.4 Å². The van der Waals surface area contributed by atoms with E-state index in [0.29, 0.717) is 18.8 Å². The van der Waals surface area contributed by atoms with Crippen LogP contribution in [-0.4, -0.2) is 28.5 Å². The van der Waals surface area contributed by atoms with E-state index in [2.05, 4.69) is 10.3 Å². The van der Waals surface area contributed by atoms with E-state index in [1.165, 1.54) is 12.3 Å². The second-order valence-corrected chi connectivity index (χ2v) is 3.76. The first kappa shape index (κ1) is 13.2. The van der Waals surface area contributed by atoms with E-state index in [-0.39, 0.29) is 22.9 Å². The zero-order valence-electron chi connectivity index (χ0n) is 8.94. The summed E-state index contributed by atoms with van der Waals surface area (Å²) in [6.07, 6.45) is 2.09. The average molecular weight is 258 g/mol. The topological polar surface area (TPSA) is 105 Å². The summed E-state index contributed by atoms with van der Waals surface area (Å²) in [6.45, 7) is 0.483. The number of carboxylic acids is 1. The fraction of sp³-hybridized carbons (Fsp3) is 0.300. The molecule has 0 saturated heterocycles. The van der Waals surface area contributed by atoms with E-state index in [1.807, 2.05) is 0 Å². The highest BCUT2D eigenvalue weighted by atomic mass is 35.5. The molecule has 0 aromatic carbocycles. The molecule has 1 aromatic rings. The number of carbonyl (C=O) groups is 2. The van der Waals surface area contributed by atoms with Gasteiger partial charge in [-0.05, 0) is 12.5 Å². The van der Waals surface area contributed by atoms with Gasteiger partial charge in [-0.2, -0.15) is 0 Å². The molecule has 1 heterocycles. The Kier molecular flexibility index (Phi) is 4.71. The lowest BCUT2D eigenvalue weighted by Crippen LogP contribution is -2.13. The maximum atomic E-state index is 10.8. The Balaban J connectivity index is 2.57. The van der Waals surface area contributed by atoms with Crippen molar-refractivity contribution < 1.29 is 14.7 Å². The predicted octanol–water partition coefficient (Wildman–Crippen LogP) is 1.11. The number of nitrogens with one attached hydrogen (secondary N) is 1. The van der Waals surface area contributed by atoms with Crippen LogP contribution in [0.1, 0.15) is 23.2 Å². The summed E-state index contributed by atoms with van der Waals surface area (Å²) in [6, 6.07) is 1.34. The molecular weight excluding hydrogens is 246 g/mol. The van der Waals surface area contributed by atoms with Gasteiger partial charge in [0.2, 0.25) is 5.91 Å². The molecule has 0 radical (unpaired) electrons. The number of halogens is 1. The quantitative estimate of drug-likeness (QED) is 0.662. The second-order valence-electron chi connectivity index (χ2n) is 3.35. The minimum Gasteiger partial charge on any atom is -0.478 e. The number of amides is 1. The maximum absolute atomic E-state index is 10.8. The number of nitrogens with zero attached hydrogens (tertiary/aromatic N) is 1. The number of primary amides is 1. The van der Waals surface area contributed by atoms with E-state index in [9.17, 15) is 9.59 Å². The summed E-state index contributed by atoms with van der Waals surface area (Å²) < 4.78 is 0. The number of hydrogen-bond donors (Lipinski definition) is 3. The number of rotatable bonds is 6. The molecule has 0 aliphatic rings. The van der Waals surface area contributed by atoms with Gasteiger partial charge < -0.3 is 16.2 Å². The Bertz CT molecular complexity index is 437. The summed E-state index contributed by atoms with van der Waals surface area (Å²) >= 11 is 5.66. The number of nitrogens with two attached hydrogens (primary N) is 1. The van der Waals surface area contributed by atoms with Crippen molar-refractivity contribution in [2.24, 2.45) is 5.73 Å². The number of anilines is 1. The Morgan fingerprint density at radius 2 is 2.24 bits per heavy atom. The molecule has 6 nitrogen and oxygen atoms in total. The van der Waals surface area contributed by atoms with Gasteiger partial charge in [-0.15, -0.1) is 0 Å². The van der Waals surface area contributed by atoms with Gasteiger partial charge in [0, 0.05) is 19.2 Å². The maximum Gasteiger partial charge on any atom is 0.337 e. The van der Waals surface area contributed by atoms with Crippen LogP contribution >= 0.6 is 11.6 Å². The van der Waals surface area contributed by atoms with Crippen molar-refractivity contribution in [3.8, 4) is 0 Å². The van der Waals surface area contributed by atoms with E-state index >= 15 is 0 Å². The largest absolute Gasteiger partial charge is 0.478 e. The van der Waals surface area contributed by atoms with Gasteiger partial charge in [0.15, 0.2) is 0 Å². The Hall–Kier alpha value is -1.82. The molecule has 7 heteroatoms. The summed E-state index contributed by atoms with van der Waals surface area (Å²) in [5, 5.41) is 11.8. The van der Waals surface area contributed by atoms with E-state index in [0.717, 1.165) is 0 Å². The van der Waals surface area contributed by atoms with Crippen LogP contribution in [0.5, 0.6) is 0 Å². The zero-order chi connectivity index (χ0) is 12.8. The third kappa shape index (κ3) is 4.28. The van der Waals surface area contributed by atoms with Gasteiger partial charge in [0.25, 0.3) is 0 Å². The number of pyridine rings is 1. The van der Waals surface area contributed by atoms with Crippen molar-refractivity contribution in [2.75, 3.05) is 11.9 Å². The van der Waals surface area contributed by atoms with Crippen molar-refractivity contribution in [1.82, 2.24) is 4.98 Å². The van der Waals surface area contributed by atoms with Crippen molar-refractivity contribution in [3.63, 3.8) is 0 Å². The molecule has 0 bridgehead atoms. The molecule has 0 saturated carbocycles. The fourth-order valence-electron chi connectivity index (χ4n) is 1.18. The van der Waals surface area contributed by atoms with Gasteiger partial charge in [-0.1, -0.05) is 11.6 Å². The molecule has 92 valence electrons. The standard InChI is InChI=1S/C10H12ClN3O3/c11-7-5-14-9(4-6(7)10(16)17)13-3-1-2-8(12)15/h4-5H,1-3H2,(H2,12,15)(H,13,14)(H,16,17). The first-order valence-corrected chi connectivity index (χ1v) is 5.29. The van der Waals surface area contributed by atoms with Crippen LogP contribution in [0.4, 0.5) is 5.82 Å². The van der Waals surface area contributed by atoms with Crippen LogP contribution in [0.2, 0.25) is 5.02 Å². The molecule has 0 fully saturated rings. The molecule has 0 unspecified atom stereocenters. The highest BCUT2D eigenvalue weighted by molar-refractivity contribution is 6.33. The molecule has 0 aliphatic heterocycles. The Morgan fingerprint density at radius 3 is 2.82 bits per heavy atom. The molecule has 1 rings (SSSR count). The molecule has 1 aromatic heterocycles. The lowest BCUT2D eigenvalue weighted by molar-refractivity contribution is -0.118. The number of carboxylic acid groups (broad SMARTS) is 1. The highest BCUT2D eigenvalue weighted by Crippen LogP contribution is 2.17. The van der Waals surface area contributed by atoms with E-state index < -0.39 is 5.97 Å². The number of aromatic nitrogens is 1. The minimum atomic E-state index is -1.11. The van der Waals surface area contributed by atoms with Crippen LogP contribution in [-0.2, 0) is 4.79 Å². The van der Waals surface area contributed by atoms with E-state index in [1.54, 1.807) is 0 Å². The Morgan fingerprint density at radius 1 is 1.53 bits per heavy atom. The third-order valence-corrected chi connectivity index (χ3v) is 2.29. The van der Waals surface area contributed by atoms with Crippen LogP contribution < -0.4 is 11.1 Å². The van der Waals surface area contributed by atoms with Crippen LogP contribution in [0.3, 0.4) is 0 Å². The normalized spacial score (nSPS) is 9.94. The van der Waals surface area contributed by atoms with Crippen LogP contribution in [0.15, 0.2) is 12.3 Å². The van der Waals surface area contributed by atoms with Crippen LogP contribution in [0, 0.1) is 0 Å². The smallest absolute Gasteiger partial charge is 0.337 e. The first-order valence-electron chi connectivity index (χ1n) is 4.91. The summed E-state index contributed by atoms with van der Waals surface area (Å²) in [7, 11) is 0. The molecule has 0 aliphatic carbocycles. The third-order valence-electron chi connectivity index (χ3n) is 1.99. The first-order chi connectivity index (χ1) is 8.00. The number of aromatic carboxylic acids is 1. The monoisotopic (exact) mass is 257 g/mol. The van der Waals surface area contributed by atoms with Crippen molar-refractivity contribution in [2.45, 2.75) is 12.8 Å². The molecule has 4 N–H and O–H groups in total. The number of carbonyl (C=O) groups excluding carboxylic acids is 1. The second kappa shape index (κ2) is 6.05. The minimum absolute atomic E-state index is 0.0148. The summed E-state index contributed by atoms with van der Waals surface area (Å²) in [5.41, 5.74) is 4.96. The van der Waals surface area contributed by atoms with Gasteiger partial charge in [0.1, 0.15) is 5.82 Å². The summed E-state index contributed by atoms with van der Waals surface area (Å²) in [5.74, 6) is -1.09. The van der Waals surface area contributed by atoms with Gasteiger partial charge in [-0.25, -0.2) is 9.78 Å². The lowest BCUT2D eigenvalue weighted by Gasteiger charge is -2.06. The molecule has 0 atom stereocenters. The molecule has 0 spiro atoms. The van der Waals surface area contributed by atoms with Crippen molar-refractivity contribution in [1.29, 1.82) is 0 Å². The van der Waals surface area contributed by atoms with Crippen molar-refractivity contribution in [3.05, 3.63) is 22.8 Å². The molecular formula is C10H12ClN3O3. The Labute approximate surface area is 103 Å². The number of hydrogen-bond acceptors (Lipinski definition) is 4. The van der Waals surface area contributed by atoms with Crippen LogP contribution in [0.25, 0.3) is 0 Å². The SMILES string of the molecule is NC(=O)CCCNc1cc(C(=O)O)c(Cl)cn1.